The van der Waals surface area contributed by atoms with Crippen LogP contribution >= 0.6 is 22.6 Å². The number of alkyl carbamates (subject to hydrolysis) is 1. The molecule has 3 aromatic heterocycles. The van der Waals surface area contributed by atoms with Crippen LogP contribution in [0.3, 0.4) is 0 Å². The van der Waals surface area contributed by atoms with Gasteiger partial charge in [0.15, 0.2) is 15.6 Å². The summed E-state index contributed by atoms with van der Waals surface area (Å²) < 4.78 is 14.0. The molecule has 10 nitrogen and oxygen atoms in total. The number of amides is 1. The topological polar surface area (TPSA) is 107 Å². The fraction of sp³-hybridized carbons (Fsp3) is 0.560. The Labute approximate surface area is 223 Å². The first kappa shape index (κ1) is 23.8. The summed E-state index contributed by atoms with van der Waals surface area (Å²) in [6, 6.07) is 1.94. The van der Waals surface area contributed by atoms with E-state index in [9.17, 15) is 4.79 Å². The molecule has 3 aromatic rings. The van der Waals surface area contributed by atoms with E-state index in [0.29, 0.717) is 0 Å². The van der Waals surface area contributed by atoms with Crippen molar-refractivity contribution in [3.8, 4) is 0 Å². The Balaban J connectivity index is 1.24. The van der Waals surface area contributed by atoms with Crippen LogP contribution in [0, 0.1) is 9.12 Å². The predicted molar refractivity (Wildman–Crippen MR) is 142 cm³/mol. The Morgan fingerprint density at radius 1 is 1.28 bits per heavy atom. The van der Waals surface area contributed by atoms with Gasteiger partial charge in [-0.25, -0.2) is 19.4 Å². The number of fused-ring (bicyclic) bond motifs is 2. The normalized spacial score (nSPS) is 22.9. The van der Waals surface area contributed by atoms with Crippen molar-refractivity contribution in [3.05, 3.63) is 39.5 Å². The minimum atomic E-state index is -0.552. The second-order valence-corrected chi connectivity index (χ2v) is 12.0. The molecule has 0 radical (unpaired) electrons. The average molecular weight is 603 g/mol. The van der Waals surface area contributed by atoms with Crippen LogP contribution in [0.1, 0.15) is 63.4 Å². The molecule has 1 unspecified atom stereocenters. The smallest absolute Gasteiger partial charge is 0.408 e. The maximum Gasteiger partial charge on any atom is 0.408 e. The molecule has 2 atom stereocenters. The first-order valence-electron chi connectivity index (χ1n) is 12.4. The van der Waals surface area contributed by atoms with E-state index in [1.54, 1.807) is 0 Å². The van der Waals surface area contributed by atoms with Crippen LogP contribution in [0.15, 0.2) is 24.7 Å². The molecule has 1 N–H and O–H groups in total. The highest BCUT2D eigenvalue weighted by Gasteiger charge is 2.49. The third-order valence-corrected chi connectivity index (χ3v) is 8.18. The largest absolute Gasteiger partial charge is 0.444 e. The fourth-order valence-corrected chi connectivity index (χ4v) is 6.22. The zero-order valence-electron chi connectivity index (χ0n) is 20.7. The third kappa shape index (κ3) is 4.19. The van der Waals surface area contributed by atoms with Crippen molar-refractivity contribution in [2.24, 2.45) is 5.41 Å². The molecule has 2 fully saturated rings. The fourth-order valence-electron chi connectivity index (χ4n) is 5.60. The molecule has 6 rings (SSSR count). The maximum atomic E-state index is 12.8. The number of halogens is 1. The maximum absolute atomic E-state index is 12.8. The number of nitrogens with one attached hydrogen (secondary N) is 1. The van der Waals surface area contributed by atoms with E-state index >= 15 is 0 Å². The molecule has 2 aliphatic heterocycles. The van der Waals surface area contributed by atoms with Crippen LogP contribution in [-0.2, 0) is 15.9 Å². The first-order valence-corrected chi connectivity index (χ1v) is 13.5. The molecular formula is C25H30IN7O3. The second kappa shape index (κ2) is 8.79. The Kier molecular flexibility index (Phi) is 5.82. The van der Waals surface area contributed by atoms with E-state index in [4.69, 9.17) is 19.4 Å². The number of ether oxygens (including phenoxy) is 2. The number of nitrogens with zero attached hydrogens (tertiary/aromatic N) is 6. The molecule has 1 amide bonds. The third-order valence-electron chi connectivity index (χ3n) is 7.45. The lowest BCUT2D eigenvalue weighted by atomic mass is 9.73. The number of carbonyl (C=O) groups excluding carboxylic acids is 1. The average Bonchev–Trinajstić information content (AvgIpc) is 3.26. The highest BCUT2D eigenvalue weighted by Crippen LogP contribution is 2.52. The summed E-state index contributed by atoms with van der Waals surface area (Å²) in [6.07, 6.45) is 8.79. The number of piperidine rings is 1. The van der Waals surface area contributed by atoms with E-state index in [-0.39, 0.29) is 23.8 Å². The van der Waals surface area contributed by atoms with Crippen molar-refractivity contribution < 1.29 is 14.3 Å². The quantitative estimate of drug-likeness (QED) is 0.445. The number of rotatable bonds is 3. The van der Waals surface area contributed by atoms with Crippen LogP contribution in [0.5, 0.6) is 0 Å². The van der Waals surface area contributed by atoms with Crippen molar-refractivity contribution >= 4 is 45.7 Å². The van der Waals surface area contributed by atoms with Crippen LogP contribution < -0.4 is 10.2 Å². The summed E-state index contributed by atoms with van der Waals surface area (Å²) in [7, 11) is 0. The summed E-state index contributed by atoms with van der Waals surface area (Å²) in [5, 5.41) is 7.81. The van der Waals surface area contributed by atoms with Gasteiger partial charge in [-0.1, -0.05) is 0 Å². The number of aromatic nitrogens is 5. The van der Waals surface area contributed by atoms with Gasteiger partial charge >= 0.3 is 6.09 Å². The summed E-state index contributed by atoms with van der Waals surface area (Å²) in [5.74, 6) is 0.850. The molecule has 0 bridgehead atoms. The number of hydrogen-bond acceptors (Lipinski definition) is 8. The van der Waals surface area contributed by atoms with Gasteiger partial charge in [-0.2, -0.15) is 5.10 Å². The summed E-state index contributed by atoms with van der Waals surface area (Å²) in [5.41, 5.74) is 3.28. The number of hydrogen-bond donors (Lipinski definition) is 1. The Hall–Kier alpha value is -2.54. The van der Waals surface area contributed by atoms with E-state index in [1.165, 1.54) is 5.56 Å². The molecule has 5 heterocycles. The lowest BCUT2D eigenvalue weighted by molar-refractivity contribution is -0.104. The predicted octanol–water partition coefficient (Wildman–Crippen LogP) is 4.15. The van der Waals surface area contributed by atoms with Crippen LogP contribution in [0.4, 0.5) is 10.6 Å². The van der Waals surface area contributed by atoms with Gasteiger partial charge in [-0.05, 0) is 79.8 Å². The molecule has 2 saturated heterocycles. The highest BCUT2D eigenvalue weighted by molar-refractivity contribution is 14.1. The zero-order valence-corrected chi connectivity index (χ0v) is 22.9. The molecule has 190 valence electrons. The molecular weight excluding hydrogens is 573 g/mol. The van der Waals surface area contributed by atoms with E-state index < -0.39 is 5.60 Å². The minimum Gasteiger partial charge on any atom is -0.444 e. The van der Waals surface area contributed by atoms with Crippen molar-refractivity contribution in [1.29, 1.82) is 0 Å². The standard InChI is InChI=1S/C25H30IN7O3/c1-24(2,3)36-23(34)30-20-16-13-27-8-4-15(16)12-25(20)6-9-32(10-7-25)17-14-28-19-21(26)31-33(22(19)29-17)18-5-11-35-18/h4,8,13-14,18,20H,5-7,9-12H2,1-3H3,(H,30,34)/t18?,20-/m0/s1. The zero-order chi connectivity index (χ0) is 25.1. The van der Waals surface area contributed by atoms with Crippen molar-refractivity contribution in [2.45, 2.75) is 64.3 Å². The first-order chi connectivity index (χ1) is 17.2. The Bertz CT molecular complexity index is 1310. The van der Waals surface area contributed by atoms with Gasteiger partial charge < -0.3 is 19.7 Å². The van der Waals surface area contributed by atoms with Crippen molar-refractivity contribution in [1.82, 2.24) is 30.0 Å². The van der Waals surface area contributed by atoms with Crippen molar-refractivity contribution in [3.63, 3.8) is 0 Å². The van der Waals surface area contributed by atoms with Gasteiger partial charge in [0.25, 0.3) is 0 Å². The molecule has 11 heteroatoms. The van der Waals surface area contributed by atoms with Crippen LogP contribution in [0.2, 0.25) is 0 Å². The molecule has 36 heavy (non-hydrogen) atoms. The molecule has 0 aromatic carbocycles. The molecule has 1 aliphatic carbocycles. The number of carbonyl (C=O) groups is 1. The highest BCUT2D eigenvalue weighted by atomic mass is 127. The second-order valence-electron chi connectivity index (χ2n) is 10.9. The SMILES string of the molecule is CC(C)(C)OC(=O)N[C@H]1c2cnccc2CC12CCN(c1cnc3c(I)nn(C4CCO4)c3n1)CC2. The Morgan fingerprint density at radius 2 is 2.06 bits per heavy atom. The molecule has 3 aliphatic rings. The molecule has 0 saturated carbocycles. The lowest BCUT2D eigenvalue weighted by Crippen LogP contribution is -2.48. The van der Waals surface area contributed by atoms with E-state index in [2.05, 4.69) is 49.0 Å². The number of anilines is 1. The summed E-state index contributed by atoms with van der Waals surface area (Å²) in [6.45, 7) is 8.03. The van der Waals surface area contributed by atoms with E-state index in [0.717, 1.165) is 71.6 Å². The van der Waals surface area contributed by atoms with E-state index in [1.807, 2.05) is 44.0 Å². The lowest BCUT2D eigenvalue weighted by Gasteiger charge is -2.43. The van der Waals surface area contributed by atoms with Gasteiger partial charge in [0.2, 0.25) is 0 Å². The number of pyridine rings is 1. The van der Waals surface area contributed by atoms with Gasteiger partial charge in [-0.15, -0.1) is 0 Å². The van der Waals surface area contributed by atoms with Crippen molar-refractivity contribution in [2.75, 3.05) is 24.6 Å². The van der Waals surface area contributed by atoms with Crippen LogP contribution in [-0.4, -0.2) is 56.1 Å². The van der Waals surface area contributed by atoms with Crippen LogP contribution in [0.25, 0.3) is 11.2 Å². The summed E-state index contributed by atoms with van der Waals surface area (Å²) in [4.78, 5) is 29.1. The van der Waals surface area contributed by atoms with Gasteiger partial charge in [-0.3, -0.25) is 4.98 Å². The van der Waals surface area contributed by atoms with Gasteiger partial charge in [0.05, 0.1) is 18.8 Å². The Morgan fingerprint density at radius 3 is 2.75 bits per heavy atom. The van der Waals surface area contributed by atoms with Gasteiger partial charge in [0, 0.05) is 37.3 Å². The molecule has 1 spiro atoms. The minimum absolute atomic E-state index is 0.0597. The van der Waals surface area contributed by atoms with Gasteiger partial charge in [0.1, 0.15) is 16.9 Å². The summed E-state index contributed by atoms with van der Waals surface area (Å²) >= 11 is 2.21. The monoisotopic (exact) mass is 603 g/mol.